The summed E-state index contributed by atoms with van der Waals surface area (Å²) in [5.74, 6) is 0.302. The lowest BCUT2D eigenvalue weighted by molar-refractivity contribution is 0.225. The summed E-state index contributed by atoms with van der Waals surface area (Å²) < 4.78 is 1.16. The number of benzene rings is 1. The molecule has 2 rings (SSSR count). The van der Waals surface area contributed by atoms with Crippen LogP contribution in [-0.4, -0.2) is 11.7 Å². The van der Waals surface area contributed by atoms with Gasteiger partial charge in [-0.05, 0) is 64.9 Å². The molecule has 1 N–H and O–H groups in total. The Morgan fingerprint density at radius 3 is 2.56 bits per heavy atom. The summed E-state index contributed by atoms with van der Waals surface area (Å²) in [5.41, 5.74) is 2.65. The maximum Gasteiger partial charge on any atom is 0.0701 e. The Morgan fingerprint density at radius 1 is 1.17 bits per heavy atom. The van der Waals surface area contributed by atoms with Crippen molar-refractivity contribution >= 4 is 27.3 Å². The van der Waals surface area contributed by atoms with E-state index in [1.54, 1.807) is 11.3 Å². The zero-order valence-electron chi connectivity index (χ0n) is 10.4. The maximum absolute atomic E-state index is 9.54. The molecule has 0 radical (unpaired) electrons. The third kappa shape index (κ3) is 3.67. The largest absolute Gasteiger partial charge is 0.396 e. The van der Waals surface area contributed by atoms with E-state index < -0.39 is 0 Å². The second-order valence-corrected chi connectivity index (χ2v) is 7.14. The van der Waals surface area contributed by atoms with Crippen LogP contribution in [0.2, 0.25) is 0 Å². The summed E-state index contributed by atoms with van der Waals surface area (Å²) in [7, 11) is 0. The summed E-state index contributed by atoms with van der Waals surface area (Å²) in [6, 6.07) is 12.6. The molecule has 96 valence electrons. The molecule has 3 heteroatoms. The van der Waals surface area contributed by atoms with Gasteiger partial charge in [0.05, 0.1) is 3.79 Å². The molecule has 1 aromatic heterocycles. The lowest BCUT2D eigenvalue weighted by atomic mass is 9.94. The van der Waals surface area contributed by atoms with E-state index in [2.05, 4.69) is 59.3 Å². The maximum atomic E-state index is 9.54. The number of aliphatic hydroxyl groups excluding tert-OH is 1. The summed E-state index contributed by atoms with van der Waals surface area (Å²) in [5, 5.41) is 9.54. The van der Waals surface area contributed by atoms with E-state index in [-0.39, 0.29) is 6.61 Å². The van der Waals surface area contributed by atoms with Gasteiger partial charge in [-0.3, -0.25) is 0 Å². The fourth-order valence-electron chi connectivity index (χ4n) is 2.10. The van der Waals surface area contributed by atoms with E-state index in [0.29, 0.717) is 5.92 Å². The van der Waals surface area contributed by atoms with E-state index in [1.165, 1.54) is 16.0 Å². The van der Waals surface area contributed by atoms with Crippen molar-refractivity contribution in [3.63, 3.8) is 0 Å². The second kappa shape index (κ2) is 6.50. The molecule has 0 bridgehead atoms. The van der Waals surface area contributed by atoms with E-state index in [1.807, 2.05) is 0 Å². The van der Waals surface area contributed by atoms with Crippen LogP contribution >= 0.6 is 27.3 Å². The minimum atomic E-state index is 0.240. The lowest BCUT2D eigenvalue weighted by Gasteiger charge is -2.14. The van der Waals surface area contributed by atoms with E-state index in [9.17, 15) is 5.11 Å². The quantitative estimate of drug-likeness (QED) is 0.873. The predicted octanol–water partition coefficient (Wildman–Crippen LogP) is 4.21. The Labute approximate surface area is 121 Å². The number of halogens is 1. The average molecular weight is 325 g/mol. The molecule has 0 saturated carbocycles. The van der Waals surface area contributed by atoms with Crippen molar-refractivity contribution in [1.82, 2.24) is 0 Å². The Kier molecular flexibility index (Phi) is 4.98. The van der Waals surface area contributed by atoms with Gasteiger partial charge in [-0.25, -0.2) is 0 Å². The first-order valence-corrected chi connectivity index (χ1v) is 7.69. The van der Waals surface area contributed by atoms with Crippen LogP contribution in [0.4, 0.5) is 0 Å². The Morgan fingerprint density at radius 2 is 1.94 bits per heavy atom. The first-order chi connectivity index (χ1) is 8.69. The third-order valence-electron chi connectivity index (χ3n) is 3.15. The fourth-order valence-corrected chi connectivity index (χ4v) is 3.69. The number of hydrogen-bond donors (Lipinski definition) is 1. The number of hydrogen-bond acceptors (Lipinski definition) is 2. The highest BCUT2D eigenvalue weighted by Crippen LogP contribution is 2.25. The highest BCUT2D eigenvalue weighted by molar-refractivity contribution is 9.11. The zero-order valence-corrected chi connectivity index (χ0v) is 12.8. The molecule has 0 aliphatic heterocycles. The molecular weight excluding hydrogens is 308 g/mol. The summed E-state index contributed by atoms with van der Waals surface area (Å²) >= 11 is 5.23. The molecule has 2 aromatic rings. The van der Waals surface area contributed by atoms with E-state index in [4.69, 9.17) is 0 Å². The minimum absolute atomic E-state index is 0.240. The molecule has 0 amide bonds. The van der Waals surface area contributed by atoms with Crippen LogP contribution in [0.3, 0.4) is 0 Å². The van der Waals surface area contributed by atoms with Gasteiger partial charge in [-0.15, -0.1) is 11.3 Å². The molecule has 0 aliphatic carbocycles. The standard InChI is InChI=1S/C15H17BrOS/c1-11-4-2-3-5-13(11)8-12(10-17)9-14-6-7-15(16)18-14/h2-7,12,17H,8-10H2,1H3. The zero-order chi connectivity index (χ0) is 13.0. The van der Waals surface area contributed by atoms with Gasteiger partial charge in [-0.1, -0.05) is 24.3 Å². The number of aliphatic hydroxyl groups is 1. The summed E-state index contributed by atoms with van der Waals surface area (Å²) in [6.07, 6.45) is 1.89. The molecule has 1 unspecified atom stereocenters. The smallest absolute Gasteiger partial charge is 0.0701 e. The van der Waals surface area contributed by atoms with Gasteiger partial charge in [0, 0.05) is 11.5 Å². The Balaban J connectivity index is 2.04. The van der Waals surface area contributed by atoms with Gasteiger partial charge < -0.3 is 5.11 Å². The molecule has 1 atom stereocenters. The van der Waals surface area contributed by atoms with Crippen LogP contribution in [0, 0.1) is 12.8 Å². The van der Waals surface area contributed by atoms with Crippen molar-refractivity contribution in [3.05, 3.63) is 56.2 Å². The topological polar surface area (TPSA) is 20.2 Å². The monoisotopic (exact) mass is 324 g/mol. The van der Waals surface area contributed by atoms with Crippen molar-refractivity contribution in [2.75, 3.05) is 6.61 Å². The van der Waals surface area contributed by atoms with Crippen molar-refractivity contribution < 1.29 is 5.11 Å². The van der Waals surface area contributed by atoms with Gasteiger partial charge >= 0.3 is 0 Å². The predicted molar refractivity (Wildman–Crippen MR) is 81.2 cm³/mol. The van der Waals surface area contributed by atoms with E-state index in [0.717, 1.165) is 16.6 Å². The van der Waals surface area contributed by atoms with E-state index >= 15 is 0 Å². The molecular formula is C15H17BrOS. The lowest BCUT2D eigenvalue weighted by Crippen LogP contribution is -2.13. The first-order valence-electron chi connectivity index (χ1n) is 6.08. The van der Waals surface area contributed by atoms with Crippen LogP contribution in [0.1, 0.15) is 16.0 Å². The number of thiophene rings is 1. The van der Waals surface area contributed by atoms with Crippen LogP contribution in [-0.2, 0) is 12.8 Å². The van der Waals surface area contributed by atoms with Crippen LogP contribution in [0.5, 0.6) is 0 Å². The Bertz CT molecular complexity index is 507. The minimum Gasteiger partial charge on any atom is -0.396 e. The highest BCUT2D eigenvalue weighted by Gasteiger charge is 2.12. The molecule has 18 heavy (non-hydrogen) atoms. The van der Waals surface area contributed by atoms with Gasteiger partial charge in [0.15, 0.2) is 0 Å². The molecule has 1 nitrogen and oxygen atoms in total. The number of aryl methyl sites for hydroxylation is 1. The molecule has 0 spiro atoms. The second-order valence-electron chi connectivity index (χ2n) is 4.59. The molecule has 0 aliphatic rings. The van der Waals surface area contributed by atoms with Crippen LogP contribution in [0.25, 0.3) is 0 Å². The normalized spacial score (nSPS) is 12.6. The highest BCUT2D eigenvalue weighted by atomic mass is 79.9. The summed E-state index contributed by atoms with van der Waals surface area (Å²) in [4.78, 5) is 1.33. The molecule has 0 fully saturated rings. The third-order valence-corrected chi connectivity index (χ3v) is 4.79. The van der Waals surface area contributed by atoms with Gasteiger partial charge in [0.1, 0.15) is 0 Å². The van der Waals surface area contributed by atoms with Crippen molar-refractivity contribution in [2.45, 2.75) is 19.8 Å². The number of rotatable bonds is 5. The van der Waals surface area contributed by atoms with Gasteiger partial charge in [-0.2, -0.15) is 0 Å². The van der Waals surface area contributed by atoms with Crippen molar-refractivity contribution in [3.8, 4) is 0 Å². The summed E-state index contributed by atoms with van der Waals surface area (Å²) in [6.45, 7) is 2.37. The fraction of sp³-hybridized carbons (Fsp3) is 0.333. The van der Waals surface area contributed by atoms with Crippen molar-refractivity contribution in [1.29, 1.82) is 0 Å². The average Bonchev–Trinajstić information content (AvgIpc) is 2.76. The molecule has 1 aromatic carbocycles. The Hall–Kier alpha value is -0.640. The van der Waals surface area contributed by atoms with Crippen LogP contribution in [0.15, 0.2) is 40.2 Å². The molecule has 1 heterocycles. The SMILES string of the molecule is Cc1ccccc1CC(CO)Cc1ccc(Br)s1. The van der Waals surface area contributed by atoms with Crippen LogP contribution < -0.4 is 0 Å². The molecule has 0 saturated heterocycles. The van der Waals surface area contributed by atoms with Gasteiger partial charge in [0.2, 0.25) is 0 Å². The first kappa shape index (κ1) is 13.8. The van der Waals surface area contributed by atoms with Gasteiger partial charge in [0.25, 0.3) is 0 Å². The van der Waals surface area contributed by atoms with Crippen molar-refractivity contribution in [2.24, 2.45) is 5.92 Å².